The Balaban J connectivity index is 2.14. The van der Waals surface area contributed by atoms with Crippen LogP contribution in [0.4, 0.5) is 0 Å². The van der Waals surface area contributed by atoms with Crippen LogP contribution in [0, 0.1) is 5.92 Å². The summed E-state index contributed by atoms with van der Waals surface area (Å²) in [6.45, 7) is 3.76. The van der Waals surface area contributed by atoms with Crippen LogP contribution in [0.25, 0.3) is 0 Å². The molecule has 0 radical (unpaired) electrons. The van der Waals surface area contributed by atoms with Gasteiger partial charge in [-0.3, -0.25) is 0 Å². The molecule has 34 heavy (non-hydrogen) atoms. The molecule has 0 spiro atoms. The molecule has 0 aliphatic heterocycles. The first-order valence-corrected chi connectivity index (χ1v) is 12.8. The average Bonchev–Trinajstić information content (AvgIpc) is 2.84. The van der Waals surface area contributed by atoms with Crippen LogP contribution in [0.5, 0.6) is 0 Å². The summed E-state index contributed by atoms with van der Waals surface area (Å²) in [6, 6.07) is 28.6. The van der Waals surface area contributed by atoms with Crippen molar-refractivity contribution in [1.82, 2.24) is 0 Å². The van der Waals surface area contributed by atoms with Gasteiger partial charge in [-0.2, -0.15) is 0 Å². The Kier molecular flexibility index (Phi) is 6.83. The van der Waals surface area contributed by atoms with E-state index in [4.69, 9.17) is 46.4 Å². The Morgan fingerprint density at radius 1 is 0.647 bits per heavy atom. The zero-order valence-electron chi connectivity index (χ0n) is 19.1. The van der Waals surface area contributed by atoms with Crippen LogP contribution in [0.1, 0.15) is 43.4 Å². The molecular weight excluding hydrogens is 510 g/mol. The average molecular weight is 538 g/mol. The normalized spacial score (nSPS) is 29.2. The maximum atomic E-state index is 12.8. The molecule has 1 aliphatic rings. The number of alkyl halides is 4. The van der Waals surface area contributed by atoms with E-state index in [1.54, 1.807) is 0 Å². The van der Waals surface area contributed by atoms with Gasteiger partial charge in [0.1, 0.15) is 5.60 Å². The lowest BCUT2D eigenvalue weighted by Crippen LogP contribution is -2.77. The highest BCUT2D eigenvalue weighted by atomic mass is 35.5. The van der Waals surface area contributed by atoms with Crippen molar-refractivity contribution in [2.24, 2.45) is 5.92 Å². The van der Waals surface area contributed by atoms with Gasteiger partial charge in [0.15, 0.2) is 4.33 Å². The zero-order valence-corrected chi connectivity index (χ0v) is 22.1. The van der Waals surface area contributed by atoms with E-state index >= 15 is 0 Å². The summed E-state index contributed by atoms with van der Waals surface area (Å²) >= 11 is 27.8. The van der Waals surface area contributed by atoms with Crippen molar-refractivity contribution in [3.63, 3.8) is 0 Å². The molecule has 2 N–H and O–H groups in total. The number of aliphatic hydroxyl groups is 2. The standard InChI is InChI=1S/C28H28Cl4O2/c1-20(2)24(29)18-19-25(33,28(32,34)27(24,30)31)26(21-12-6-3-7-13-21,22-14-8-4-9-15-22)23-16-10-5-11-17-23/h3-17,20,33-34H,18-19H2,1-2H3. The number of benzene rings is 3. The summed E-state index contributed by atoms with van der Waals surface area (Å²) in [5, 5.41) is 22.4. The fraction of sp³-hybridized carbons (Fsp3) is 0.357. The highest BCUT2D eigenvalue weighted by Crippen LogP contribution is 2.67. The van der Waals surface area contributed by atoms with Crippen molar-refractivity contribution >= 4 is 46.4 Å². The predicted octanol–water partition coefficient (Wildman–Crippen LogP) is 7.28. The molecule has 4 rings (SSSR count). The van der Waals surface area contributed by atoms with Gasteiger partial charge in [-0.05, 0) is 35.4 Å². The van der Waals surface area contributed by atoms with Gasteiger partial charge in [-0.1, -0.05) is 140 Å². The molecule has 1 fully saturated rings. The molecule has 0 bridgehead atoms. The fourth-order valence-electron chi connectivity index (χ4n) is 5.59. The van der Waals surface area contributed by atoms with Crippen LogP contribution >= 0.6 is 46.4 Å². The van der Waals surface area contributed by atoms with E-state index < -0.39 is 25.3 Å². The molecule has 0 heterocycles. The molecule has 180 valence electrons. The lowest BCUT2D eigenvalue weighted by Gasteiger charge is -2.63. The minimum atomic E-state index is -2.53. The molecule has 0 amide bonds. The van der Waals surface area contributed by atoms with E-state index in [0.29, 0.717) is 0 Å². The highest BCUT2D eigenvalue weighted by molar-refractivity contribution is 6.58. The van der Waals surface area contributed by atoms with Gasteiger partial charge in [-0.25, -0.2) is 0 Å². The predicted molar refractivity (Wildman–Crippen MR) is 142 cm³/mol. The Hall–Kier alpha value is -1.26. The molecule has 6 heteroatoms. The van der Waals surface area contributed by atoms with Crippen molar-refractivity contribution in [1.29, 1.82) is 0 Å². The molecule has 3 unspecified atom stereocenters. The highest BCUT2D eigenvalue weighted by Gasteiger charge is 2.77. The van der Waals surface area contributed by atoms with Crippen molar-refractivity contribution in [2.45, 2.75) is 52.0 Å². The number of rotatable bonds is 5. The summed E-state index contributed by atoms with van der Waals surface area (Å²) in [5.41, 5.74) is -1.15. The molecule has 0 saturated heterocycles. The quantitative estimate of drug-likeness (QED) is 0.265. The van der Waals surface area contributed by atoms with Crippen molar-refractivity contribution in [3.8, 4) is 0 Å². The summed E-state index contributed by atoms with van der Waals surface area (Å²) in [6.07, 6.45) is 0.285. The first-order valence-electron chi connectivity index (χ1n) is 11.3. The van der Waals surface area contributed by atoms with Crippen LogP contribution < -0.4 is 0 Å². The molecule has 0 aromatic heterocycles. The Morgan fingerprint density at radius 3 is 1.32 bits per heavy atom. The minimum Gasteiger partial charge on any atom is -0.384 e. The number of hydrogen-bond donors (Lipinski definition) is 2. The van der Waals surface area contributed by atoms with E-state index in [0.717, 1.165) is 16.7 Å². The molecular formula is C28H28Cl4O2. The van der Waals surface area contributed by atoms with Crippen LogP contribution in [-0.4, -0.2) is 30.1 Å². The van der Waals surface area contributed by atoms with Gasteiger partial charge < -0.3 is 10.2 Å². The summed E-state index contributed by atoms with van der Waals surface area (Å²) in [7, 11) is 0. The van der Waals surface area contributed by atoms with Crippen LogP contribution in [0.3, 0.4) is 0 Å². The molecule has 2 nitrogen and oxygen atoms in total. The van der Waals surface area contributed by atoms with Crippen molar-refractivity contribution in [2.75, 3.05) is 0 Å². The third kappa shape index (κ3) is 3.38. The van der Waals surface area contributed by atoms with Gasteiger partial charge in [0.25, 0.3) is 0 Å². The summed E-state index contributed by atoms with van der Waals surface area (Å²) < 4.78 is -2.09. The largest absolute Gasteiger partial charge is 0.384 e. The lowest BCUT2D eigenvalue weighted by molar-refractivity contribution is -0.168. The third-order valence-corrected chi connectivity index (χ3v) is 10.6. The lowest BCUT2D eigenvalue weighted by atomic mass is 9.52. The van der Waals surface area contributed by atoms with Gasteiger partial charge >= 0.3 is 0 Å². The van der Waals surface area contributed by atoms with E-state index in [-0.39, 0.29) is 18.8 Å². The molecule has 3 aromatic rings. The fourth-order valence-corrected chi connectivity index (χ4v) is 7.21. The second kappa shape index (κ2) is 9.00. The third-order valence-electron chi connectivity index (χ3n) is 7.49. The Bertz CT molecular complexity index is 1020. The van der Waals surface area contributed by atoms with Crippen molar-refractivity contribution in [3.05, 3.63) is 108 Å². The van der Waals surface area contributed by atoms with Gasteiger partial charge in [0.2, 0.25) is 5.06 Å². The second-order valence-electron chi connectivity index (χ2n) is 9.42. The number of hydrogen-bond acceptors (Lipinski definition) is 2. The van der Waals surface area contributed by atoms with Crippen LogP contribution in [0.2, 0.25) is 0 Å². The minimum absolute atomic E-state index is 0.0502. The second-order valence-corrected chi connectivity index (χ2v) is 12.0. The topological polar surface area (TPSA) is 40.5 Å². The van der Waals surface area contributed by atoms with Crippen LogP contribution in [0.15, 0.2) is 91.0 Å². The molecule has 1 saturated carbocycles. The first-order chi connectivity index (χ1) is 16.0. The number of halogens is 4. The molecule has 1 aliphatic carbocycles. The summed E-state index contributed by atoms with van der Waals surface area (Å²) in [5.74, 6) is -0.224. The van der Waals surface area contributed by atoms with Gasteiger partial charge in [0.05, 0.1) is 10.3 Å². The van der Waals surface area contributed by atoms with Gasteiger partial charge in [0, 0.05) is 0 Å². The maximum absolute atomic E-state index is 12.8. The summed E-state index contributed by atoms with van der Waals surface area (Å²) in [4.78, 5) is -1.27. The first kappa shape index (κ1) is 25.8. The van der Waals surface area contributed by atoms with Crippen LogP contribution in [-0.2, 0) is 5.41 Å². The van der Waals surface area contributed by atoms with Crippen molar-refractivity contribution < 1.29 is 10.2 Å². The van der Waals surface area contributed by atoms with E-state index in [1.807, 2.05) is 105 Å². The SMILES string of the molecule is CC(C)C1(Cl)CCC(O)(C(c2ccccc2)(c2ccccc2)c2ccccc2)C(O)(Cl)C1(Cl)Cl. The Morgan fingerprint density at radius 2 is 1.00 bits per heavy atom. The smallest absolute Gasteiger partial charge is 0.203 e. The monoisotopic (exact) mass is 536 g/mol. The maximum Gasteiger partial charge on any atom is 0.203 e. The molecule has 3 atom stereocenters. The van der Waals surface area contributed by atoms with E-state index in [2.05, 4.69) is 0 Å². The zero-order chi connectivity index (χ0) is 24.8. The van der Waals surface area contributed by atoms with E-state index in [9.17, 15) is 10.2 Å². The molecule has 3 aromatic carbocycles. The van der Waals surface area contributed by atoms with E-state index in [1.165, 1.54) is 0 Å². The van der Waals surface area contributed by atoms with Gasteiger partial charge in [-0.15, -0.1) is 11.6 Å². The Labute approximate surface area is 221 Å².